The van der Waals surface area contributed by atoms with Crippen LogP contribution in [-0.4, -0.2) is 193 Å². The molecule has 4 aliphatic carbocycles. The Morgan fingerprint density at radius 1 is 0.730 bits per heavy atom. The highest BCUT2D eigenvalue weighted by molar-refractivity contribution is 5.33. The number of rotatable bonds is 13. The van der Waals surface area contributed by atoms with E-state index in [1.54, 1.807) is 0 Å². The Morgan fingerprint density at radius 2 is 1.38 bits per heavy atom. The molecule has 0 aromatic rings. The average molecular weight is 905 g/mol. The molecule has 3 heterocycles. The normalized spacial score (nSPS) is 52.4. The lowest BCUT2D eigenvalue weighted by molar-refractivity contribution is -0.354. The van der Waals surface area contributed by atoms with Crippen LogP contribution in [0.4, 0.5) is 0 Å². The molecule has 0 bridgehead atoms. The third-order valence-electron chi connectivity index (χ3n) is 16.8. The van der Waals surface area contributed by atoms with E-state index in [-0.39, 0.29) is 55.8 Å². The Bertz CT molecular complexity index is 1570. The van der Waals surface area contributed by atoms with Gasteiger partial charge in [-0.3, -0.25) is 0 Å². The van der Waals surface area contributed by atoms with Gasteiger partial charge in [0.05, 0.1) is 55.9 Å². The van der Waals surface area contributed by atoms with Crippen LogP contribution in [-0.2, 0) is 33.2 Å². The van der Waals surface area contributed by atoms with Crippen LogP contribution >= 0.6 is 0 Å². The van der Waals surface area contributed by atoms with E-state index in [4.69, 9.17) is 33.2 Å². The fourth-order valence-corrected chi connectivity index (χ4v) is 13.2. The number of hydrogen-bond acceptors (Lipinski definition) is 18. The average Bonchev–Trinajstić information content (AvgIpc) is 3.44. The summed E-state index contributed by atoms with van der Waals surface area (Å²) in [7, 11) is 1.41. The van der Waals surface area contributed by atoms with Crippen LogP contribution < -0.4 is 0 Å². The molecule has 18 nitrogen and oxygen atoms in total. The Kier molecular flexibility index (Phi) is 15.2. The van der Waals surface area contributed by atoms with Crippen molar-refractivity contribution >= 4 is 0 Å². The predicted octanol–water partition coefficient (Wildman–Crippen LogP) is -0.933. The van der Waals surface area contributed by atoms with E-state index in [1.807, 2.05) is 6.08 Å². The van der Waals surface area contributed by atoms with Crippen LogP contribution in [0.15, 0.2) is 11.6 Å². The summed E-state index contributed by atoms with van der Waals surface area (Å²) in [4.78, 5) is 0. The lowest BCUT2D eigenvalue weighted by atomic mass is 9.43. The molecule has 25 atom stereocenters. The molecule has 3 saturated carbocycles. The second kappa shape index (κ2) is 19.2. The summed E-state index contributed by atoms with van der Waals surface area (Å²) in [5.74, 6) is -1.39. The van der Waals surface area contributed by atoms with E-state index in [0.29, 0.717) is 38.5 Å². The highest BCUT2D eigenvalue weighted by atomic mass is 16.8. The number of fused-ring (bicyclic) bond motifs is 5. The van der Waals surface area contributed by atoms with Gasteiger partial charge in [0.25, 0.3) is 0 Å². The van der Waals surface area contributed by atoms with Crippen molar-refractivity contribution in [1.29, 1.82) is 0 Å². The minimum Gasteiger partial charge on any atom is -0.390 e. The Morgan fingerprint density at radius 3 is 2.03 bits per heavy atom. The topological polar surface area (TPSA) is 287 Å². The van der Waals surface area contributed by atoms with Crippen LogP contribution in [0.3, 0.4) is 0 Å². The zero-order valence-corrected chi connectivity index (χ0v) is 37.7. The summed E-state index contributed by atoms with van der Waals surface area (Å²) in [5, 5.41) is 122. The van der Waals surface area contributed by atoms with Gasteiger partial charge in [0, 0.05) is 19.4 Å². The molecule has 11 N–H and O–H groups in total. The molecule has 0 amide bonds. The van der Waals surface area contributed by atoms with Crippen LogP contribution in [0.25, 0.3) is 0 Å². The molecule has 3 aliphatic heterocycles. The van der Waals surface area contributed by atoms with E-state index >= 15 is 0 Å². The monoisotopic (exact) mass is 905 g/mol. The van der Waals surface area contributed by atoms with E-state index in [0.717, 1.165) is 5.57 Å². The first kappa shape index (κ1) is 49.9. The summed E-state index contributed by atoms with van der Waals surface area (Å²) >= 11 is 0. The molecular formula is C45H76O18. The molecule has 0 spiro atoms. The minimum absolute atomic E-state index is 0.0116. The van der Waals surface area contributed by atoms with Gasteiger partial charge in [0.1, 0.15) is 54.9 Å². The van der Waals surface area contributed by atoms with Gasteiger partial charge in [-0.25, -0.2) is 0 Å². The number of hydrogen-bond donors (Lipinski definition) is 11. The van der Waals surface area contributed by atoms with Gasteiger partial charge < -0.3 is 89.3 Å². The van der Waals surface area contributed by atoms with Crippen LogP contribution in [0.1, 0.15) is 86.5 Å². The third kappa shape index (κ3) is 8.96. The molecule has 63 heavy (non-hydrogen) atoms. The zero-order valence-electron chi connectivity index (χ0n) is 37.7. The standard InChI is InChI=1S/C45H76O18/c1-19(2)22(16-58-41-38(32(51)27(48)17-59-41)63-40-36(55)34(53)30(49)21(4)61-40)9-8-20(3)29-33(52)35(54)39-44(29,6)13-11-28-43(5)12-10-23(14-24(43)25(46)15-45(28,39)56)62-42-37(57-7)31(50)26(47)18-60-42/h14,19-23,25-42,46-56H,8-13,15-18H2,1-7H3. The first-order valence-electron chi connectivity index (χ1n) is 23.2. The van der Waals surface area contributed by atoms with Crippen LogP contribution in [0.5, 0.6) is 0 Å². The molecule has 364 valence electrons. The highest BCUT2D eigenvalue weighted by Crippen LogP contribution is 2.69. The van der Waals surface area contributed by atoms with Gasteiger partial charge in [-0.1, -0.05) is 40.7 Å². The smallest absolute Gasteiger partial charge is 0.187 e. The summed E-state index contributed by atoms with van der Waals surface area (Å²) in [6, 6.07) is 0. The summed E-state index contributed by atoms with van der Waals surface area (Å²) in [6.07, 6.45) is -14.5. The molecule has 0 aromatic carbocycles. The number of ether oxygens (including phenoxy) is 7. The fraction of sp³-hybridized carbons (Fsp3) is 0.956. The molecule has 6 fully saturated rings. The first-order valence-corrected chi connectivity index (χ1v) is 23.2. The molecular weight excluding hydrogens is 828 g/mol. The molecule has 0 radical (unpaired) electrons. The van der Waals surface area contributed by atoms with Crippen molar-refractivity contribution in [2.24, 2.45) is 46.3 Å². The van der Waals surface area contributed by atoms with Crippen molar-refractivity contribution in [3.05, 3.63) is 11.6 Å². The molecule has 7 rings (SSSR count). The van der Waals surface area contributed by atoms with Crippen LogP contribution in [0, 0.1) is 46.3 Å². The third-order valence-corrected chi connectivity index (χ3v) is 16.8. The Hall–Kier alpha value is -0.980. The second-order valence-electron chi connectivity index (χ2n) is 20.9. The van der Waals surface area contributed by atoms with Crippen molar-refractivity contribution in [2.45, 2.75) is 196 Å². The summed E-state index contributed by atoms with van der Waals surface area (Å²) in [5.41, 5.74) is -2.00. The second-order valence-corrected chi connectivity index (χ2v) is 20.9. The van der Waals surface area contributed by atoms with E-state index in [9.17, 15) is 56.2 Å². The quantitative estimate of drug-likeness (QED) is 0.0996. The van der Waals surface area contributed by atoms with Crippen molar-refractivity contribution in [2.75, 3.05) is 26.9 Å². The zero-order chi connectivity index (χ0) is 46.1. The molecule has 18 heteroatoms. The number of aliphatic hydroxyl groups is 11. The highest BCUT2D eigenvalue weighted by Gasteiger charge is 2.72. The maximum absolute atomic E-state index is 12.9. The van der Waals surface area contributed by atoms with Gasteiger partial charge in [-0.15, -0.1) is 0 Å². The van der Waals surface area contributed by atoms with Crippen molar-refractivity contribution in [1.82, 2.24) is 0 Å². The minimum atomic E-state index is -1.64. The van der Waals surface area contributed by atoms with Gasteiger partial charge in [-0.05, 0) is 91.4 Å². The van der Waals surface area contributed by atoms with Crippen molar-refractivity contribution in [3.8, 4) is 0 Å². The number of aliphatic hydroxyl groups excluding tert-OH is 10. The fourth-order valence-electron chi connectivity index (χ4n) is 13.2. The Labute approximate surface area is 370 Å². The largest absolute Gasteiger partial charge is 0.390 e. The van der Waals surface area contributed by atoms with E-state index in [2.05, 4.69) is 34.6 Å². The summed E-state index contributed by atoms with van der Waals surface area (Å²) in [6.45, 7) is 11.6. The Balaban J connectivity index is 1.01. The molecule has 25 unspecified atom stereocenters. The lowest BCUT2D eigenvalue weighted by Gasteiger charge is -2.64. The van der Waals surface area contributed by atoms with Crippen molar-refractivity contribution in [3.63, 3.8) is 0 Å². The maximum Gasteiger partial charge on any atom is 0.187 e. The lowest BCUT2D eigenvalue weighted by Crippen LogP contribution is -2.66. The summed E-state index contributed by atoms with van der Waals surface area (Å²) < 4.78 is 40.8. The number of methoxy groups -OCH3 is 1. The SMILES string of the molecule is COC1C(OC2C=C3C(O)CC4(O)C(CCC5(C)C(C(C)CCC(COC6OCC(O)C(O)C6OC6OC(C)C(O)C(O)C6O)C(C)C)C(O)C(O)C54)C3(C)CC2)OCC(O)C1O. The maximum atomic E-state index is 12.9. The van der Waals surface area contributed by atoms with Gasteiger partial charge in [0.2, 0.25) is 0 Å². The van der Waals surface area contributed by atoms with E-state index in [1.165, 1.54) is 14.0 Å². The molecule has 3 saturated heterocycles. The predicted molar refractivity (Wildman–Crippen MR) is 220 cm³/mol. The van der Waals surface area contributed by atoms with Gasteiger partial charge in [0.15, 0.2) is 18.9 Å². The van der Waals surface area contributed by atoms with Gasteiger partial charge >= 0.3 is 0 Å². The molecule has 7 aliphatic rings. The van der Waals surface area contributed by atoms with Crippen molar-refractivity contribution < 1.29 is 89.3 Å². The first-order chi connectivity index (χ1) is 29.6. The van der Waals surface area contributed by atoms with E-state index < -0.39 is 127 Å². The molecule has 0 aromatic heterocycles. The van der Waals surface area contributed by atoms with Crippen LogP contribution in [0.2, 0.25) is 0 Å². The van der Waals surface area contributed by atoms with Gasteiger partial charge in [-0.2, -0.15) is 0 Å².